The number of nitrogens with zero attached hydrogens (tertiary/aromatic N) is 2. The molecule has 1 atom stereocenters. The minimum Gasteiger partial charge on any atom is -0.481 e. The summed E-state index contributed by atoms with van der Waals surface area (Å²) in [5.41, 5.74) is 2.34. The van der Waals surface area contributed by atoms with Crippen molar-refractivity contribution in [1.82, 2.24) is 9.97 Å². The molecule has 1 aromatic carbocycles. The monoisotopic (exact) mass is 397 g/mol. The number of aryl methyl sites for hydroxylation is 1. The van der Waals surface area contributed by atoms with Crippen LogP contribution in [0.25, 0.3) is 0 Å². The maximum absolute atomic E-state index is 10.7. The van der Waals surface area contributed by atoms with Crippen LogP contribution in [0.1, 0.15) is 30.5 Å². The van der Waals surface area contributed by atoms with E-state index in [2.05, 4.69) is 15.3 Å². The molecule has 0 spiro atoms. The van der Waals surface area contributed by atoms with Gasteiger partial charge in [-0.15, -0.1) is 12.4 Å². The highest BCUT2D eigenvalue weighted by Gasteiger charge is 2.16. The van der Waals surface area contributed by atoms with Crippen LogP contribution in [0.4, 0.5) is 11.6 Å². The molecule has 0 bridgehead atoms. The van der Waals surface area contributed by atoms with Crippen molar-refractivity contribution < 1.29 is 14.6 Å². The average molecular weight is 398 g/mol. The van der Waals surface area contributed by atoms with E-state index in [1.54, 1.807) is 18.3 Å². The van der Waals surface area contributed by atoms with Crippen molar-refractivity contribution in [3.05, 3.63) is 46.7 Å². The number of anilines is 2. The Morgan fingerprint density at radius 2 is 2.12 bits per heavy atom. The smallest absolute Gasteiger partial charge is 0.307 e. The zero-order valence-electron chi connectivity index (χ0n) is 14.2. The summed E-state index contributed by atoms with van der Waals surface area (Å²) in [6.07, 6.45) is 5.76. The van der Waals surface area contributed by atoms with Crippen molar-refractivity contribution in [2.75, 3.05) is 11.9 Å². The molecule has 8 heteroatoms. The van der Waals surface area contributed by atoms with Crippen LogP contribution in [0.3, 0.4) is 0 Å². The van der Waals surface area contributed by atoms with Crippen molar-refractivity contribution in [1.29, 1.82) is 0 Å². The number of carboxylic acid groups (broad SMARTS) is 1. The largest absolute Gasteiger partial charge is 0.481 e. The van der Waals surface area contributed by atoms with E-state index in [1.807, 2.05) is 12.1 Å². The summed E-state index contributed by atoms with van der Waals surface area (Å²) in [7, 11) is 0. The van der Waals surface area contributed by atoms with Gasteiger partial charge in [-0.3, -0.25) is 4.79 Å². The Morgan fingerprint density at radius 3 is 2.77 bits per heavy atom. The normalized spacial score (nSPS) is 16.1. The molecule has 26 heavy (non-hydrogen) atoms. The summed E-state index contributed by atoms with van der Waals surface area (Å²) in [5, 5.41) is 12.5. The molecule has 1 aliphatic rings. The molecule has 1 fully saturated rings. The number of halogens is 2. The fraction of sp³-hybridized carbons (Fsp3) is 0.389. The Labute approximate surface area is 163 Å². The first-order chi connectivity index (χ1) is 12.1. The predicted octanol–water partition coefficient (Wildman–Crippen LogP) is 4.03. The second kappa shape index (κ2) is 9.71. The lowest BCUT2D eigenvalue weighted by Gasteiger charge is -2.11. The summed E-state index contributed by atoms with van der Waals surface area (Å²) in [6, 6.07) is 7.15. The number of aliphatic carboxylic acids is 1. The summed E-state index contributed by atoms with van der Waals surface area (Å²) in [4.78, 5) is 19.4. The van der Waals surface area contributed by atoms with Gasteiger partial charge in [-0.1, -0.05) is 23.7 Å². The van der Waals surface area contributed by atoms with Gasteiger partial charge in [0, 0.05) is 12.3 Å². The fourth-order valence-electron chi connectivity index (χ4n) is 2.82. The number of carboxylic acids is 1. The van der Waals surface area contributed by atoms with Crippen LogP contribution >= 0.6 is 24.0 Å². The molecule has 0 saturated carbocycles. The average Bonchev–Trinajstić information content (AvgIpc) is 3.10. The van der Waals surface area contributed by atoms with E-state index in [1.165, 1.54) is 0 Å². The van der Waals surface area contributed by atoms with Gasteiger partial charge in [0.05, 0.1) is 29.4 Å². The molecule has 1 aliphatic heterocycles. The number of benzene rings is 1. The van der Waals surface area contributed by atoms with Crippen LogP contribution in [0.2, 0.25) is 5.02 Å². The summed E-state index contributed by atoms with van der Waals surface area (Å²) in [6.45, 7) is 0.840. The Morgan fingerprint density at radius 1 is 1.35 bits per heavy atom. The minimum absolute atomic E-state index is 0. The van der Waals surface area contributed by atoms with E-state index < -0.39 is 5.97 Å². The molecule has 3 rings (SSSR count). The Bertz CT molecular complexity index is 735. The second-order valence-electron chi connectivity index (χ2n) is 6.05. The Hall–Kier alpha value is -1.89. The quantitative estimate of drug-likeness (QED) is 0.733. The van der Waals surface area contributed by atoms with Crippen molar-refractivity contribution in [3.63, 3.8) is 0 Å². The molecular formula is C18H21Cl2N3O3. The highest BCUT2D eigenvalue weighted by atomic mass is 35.5. The number of carbonyl (C=O) groups is 1. The number of rotatable bonds is 7. The van der Waals surface area contributed by atoms with Crippen LogP contribution in [0.5, 0.6) is 0 Å². The number of hydrogen-bond acceptors (Lipinski definition) is 5. The third kappa shape index (κ3) is 5.83. The molecule has 140 valence electrons. The van der Waals surface area contributed by atoms with Crippen LogP contribution < -0.4 is 5.32 Å². The summed E-state index contributed by atoms with van der Waals surface area (Å²) in [5.74, 6) is -0.379. The molecule has 0 unspecified atom stereocenters. The van der Waals surface area contributed by atoms with E-state index in [0.29, 0.717) is 17.1 Å². The third-order valence-electron chi connectivity index (χ3n) is 4.11. The first kappa shape index (κ1) is 20.4. The van der Waals surface area contributed by atoms with E-state index >= 15 is 0 Å². The SMILES string of the molecule is Cl.O=C(O)Cc1ccc(Nc2ncc(Cl)c(CC[C@H]3CCCO3)n2)cc1. The van der Waals surface area contributed by atoms with Gasteiger partial charge < -0.3 is 15.2 Å². The van der Waals surface area contributed by atoms with E-state index in [9.17, 15) is 4.79 Å². The van der Waals surface area contributed by atoms with Crippen LogP contribution in [0, 0.1) is 0 Å². The number of ether oxygens (including phenoxy) is 1. The topological polar surface area (TPSA) is 84.3 Å². The zero-order valence-corrected chi connectivity index (χ0v) is 15.7. The predicted molar refractivity (Wildman–Crippen MR) is 103 cm³/mol. The first-order valence-electron chi connectivity index (χ1n) is 8.31. The van der Waals surface area contributed by atoms with Gasteiger partial charge in [0.15, 0.2) is 0 Å². The van der Waals surface area contributed by atoms with Gasteiger partial charge >= 0.3 is 5.97 Å². The van der Waals surface area contributed by atoms with Gasteiger partial charge in [-0.25, -0.2) is 9.97 Å². The Kier molecular flexibility index (Phi) is 7.63. The highest BCUT2D eigenvalue weighted by molar-refractivity contribution is 6.31. The van der Waals surface area contributed by atoms with Gasteiger partial charge in [0.1, 0.15) is 0 Å². The van der Waals surface area contributed by atoms with Crippen LogP contribution in [0.15, 0.2) is 30.5 Å². The molecule has 2 aromatic rings. The molecule has 0 radical (unpaired) electrons. The number of aromatic nitrogens is 2. The summed E-state index contributed by atoms with van der Waals surface area (Å²) >= 11 is 6.20. The summed E-state index contributed by atoms with van der Waals surface area (Å²) < 4.78 is 5.64. The van der Waals surface area contributed by atoms with E-state index in [4.69, 9.17) is 21.4 Å². The van der Waals surface area contributed by atoms with Gasteiger partial charge in [-0.05, 0) is 43.4 Å². The van der Waals surface area contributed by atoms with Crippen molar-refractivity contribution >= 4 is 41.6 Å². The maximum atomic E-state index is 10.7. The molecular weight excluding hydrogens is 377 g/mol. The number of nitrogens with one attached hydrogen (secondary N) is 1. The highest BCUT2D eigenvalue weighted by Crippen LogP contribution is 2.22. The third-order valence-corrected chi connectivity index (χ3v) is 4.42. The van der Waals surface area contributed by atoms with Crippen LogP contribution in [-0.2, 0) is 22.4 Å². The lowest BCUT2D eigenvalue weighted by atomic mass is 10.1. The Balaban J connectivity index is 0.00000243. The van der Waals surface area contributed by atoms with Crippen LogP contribution in [-0.4, -0.2) is 33.8 Å². The van der Waals surface area contributed by atoms with Gasteiger partial charge in [0.25, 0.3) is 0 Å². The van der Waals surface area contributed by atoms with E-state index in [-0.39, 0.29) is 18.8 Å². The van der Waals surface area contributed by atoms with Gasteiger partial charge in [-0.2, -0.15) is 0 Å². The first-order valence-corrected chi connectivity index (χ1v) is 8.69. The molecule has 0 aliphatic carbocycles. The zero-order chi connectivity index (χ0) is 17.6. The minimum atomic E-state index is -0.849. The van der Waals surface area contributed by atoms with Crippen molar-refractivity contribution in [2.24, 2.45) is 0 Å². The second-order valence-corrected chi connectivity index (χ2v) is 6.46. The molecule has 6 nitrogen and oxygen atoms in total. The van der Waals surface area contributed by atoms with E-state index in [0.717, 1.165) is 49.2 Å². The molecule has 1 aromatic heterocycles. The number of hydrogen-bond donors (Lipinski definition) is 2. The standard InChI is InChI=1S/C18H20ClN3O3.ClH/c19-15-11-20-18(22-16(15)8-7-14-2-1-9-25-14)21-13-5-3-12(4-6-13)10-17(23)24;/h3-6,11,14H,1-2,7-10H2,(H,23,24)(H,20,21,22);1H/t14-;/m1./s1. The van der Waals surface area contributed by atoms with Crippen molar-refractivity contribution in [2.45, 2.75) is 38.2 Å². The lowest BCUT2D eigenvalue weighted by molar-refractivity contribution is -0.136. The molecule has 2 heterocycles. The molecule has 0 amide bonds. The van der Waals surface area contributed by atoms with Gasteiger partial charge in [0.2, 0.25) is 5.95 Å². The maximum Gasteiger partial charge on any atom is 0.307 e. The lowest BCUT2D eigenvalue weighted by Crippen LogP contribution is -2.08. The fourth-order valence-corrected chi connectivity index (χ4v) is 3.00. The van der Waals surface area contributed by atoms with Crippen molar-refractivity contribution in [3.8, 4) is 0 Å². The molecule has 1 saturated heterocycles. The molecule has 2 N–H and O–H groups in total.